The van der Waals surface area contributed by atoms with Crippen LogP contribution in [0.1, 0.15) is 5.56 Å². The third-order valence-electron chi connectivity index (χ3n) is 3.37. The summed E-state index contributed by atoms with van der Waals surface area (Å²) in [5.41, 5.74) is 7.50. The number of nitrogens with zero attached hydrogens (tertiary/aromatic N) is 2. The number of hydrogen-bond donors (Lipinski definition) is 1. The Morgan fingerprint density at radius 3 is 2.63 bits per heavy atom. The van der Waals surface area contributed by atoms with E-state index in [1.165, 1.54) is 0 Å². The van der Waals surface area contributed by atoms with Crippen LogP contribution < -0.4 is 10.5 Å². The molecule has 2 N–H and O–H groups in total. The number of benzene rings is 1. The molecule has 0 radical (unpaired) electrons. The lowest BCUT2D eigenvalue weighted by atomic mass is 10.2. The molecule has 1 aliphatic rings. The van der Waals surface area contributed by atoms with Crippen LogP contribution in [0.5, 0.6) is 5.75 Å². The lowest BCUT2D eigenvalue weighted by Crippen LogP contribution is -2.48. The highest BCUT2D eigenvalue weighted by atomic mass is 16.5. The highest BCUT2D eigenvalue weighted by molar-refractivity contribution is 5.78. The van der Waals surface area contributed by atoms with Gasteiger partial charge in [-0.25, -0.2) is 0 Å². The zero-order valence-corrected chi connectivity index (χ0v) is 11.6. The van der Waals surface area contributed by atoms with Crippen LogP contribution in [0.15, 0.2) is 18.2 Å². The molecular weight excluding hydrogens is 242 g/mol. The van der Waals surface area contributed by atoms with Crippen molar-refractivity contribution in [2.75, 3.05) is 45.6 Å². The van der Waals surface area contributed by atoms with Gasteiger partial charge in [0, 0.05) is 26.2 Å². The van der Waals surface area contributed by atoms with Crippen molar-refractivity contribution >= 4 is 11.6 Å². The Morgan fingerprint density at radius 1 is 1.32 bits per heavy atom. The summed E-state index contributed by atoms with van der Waals surface area (Å²) in [5, 5.41) is 0. The molecule has 0 aliphatic carbocycles. The number of likely N-dealkylation sites (N-methyl/N-ethyl adjacent to an activating group) is 1. The molecule has 1 amide bonds. The first-order valence-corrected chi connectivity index (χ1v) is 6.51. The minimum atomic E-state index is 0.0214. The van der Waals surface area contributed by atoms with Crippen molar-refractivity contribution in [1.82, 2.24) is 9.80 Å². The smallest absolute Gasteiger partial charge is 0.260 e. The summed E-state index contributed by atoms with van der Waals surface area (Å²) in [7, 11) is 2.06. The Labute approximate surface area is 113 Å². The van der Waals surface area contributed by atoms with Crippen LogP contribution in [0.25, 0.3) is 0 Å². The van der Waals surface area contributed by atoms with E-state index in [1.54, 1.807) is 0 Å². The van der Waals surface area contributed by atoms with E-state index >= 15 is 0 Å². The first kappa shape index (κ1) is 13.7. The van der Waals surface area contributed by atoms with Crippen LogP contribution in [0.4, 0.5) is 5.69 Å². The monoisotopic (exact) mass is 263 g/mol. The van der Waals surface area contributed by atoms with Crippen LogP contribution in [0.3, 0.4) is 0 Å². The minimum absolute atomic E-state index is 0.0214. The second-order valence-electron chi connectivity index (χ2n) is 5.01. The number of aryl methyl sites for hydroxylation is 1. The van der Waals surface area contributed by atoms with E-state index < -0.39 is 0 Å². The number of nitrogens with two attached hydrogens (primary N) is 1. The van der Waals surface area contributed by atoms with Crippen molar-refractivity contribution < 1.29 is 9.53 Å². The molecular formula is C14H21N3O2. The molecule has 104 valence electrons. The molecule has 19 heavy (non-hydrogen) atoms. The standard InChI is InChI=1S/C14H21N3O2/c1-11-3-4-13(12(15)9-11)19-10-14(18)17-7-5-16(2)6-8-17/h3-4,9H,5-8,10,15H2,1-2H3. The number of rotatable bonds is 3. The third kappa shape index (κ3) is 3.61. The molecule has 5 heteroatoms. The van der Waals surface area contributed by atoms with Gasteiger partial charge in [-0.2, -0.15) is 0 Å². The molecule has 1 fully saturated rings. The van der Waals surface area contributed by atoms with E-state index in [0.717, 1.165) is 31.7 Å². The van der Waals surface area contributed by atoms with Gasteiger partial charge in [-0.1, -0.05) is 6.07 Å². The van der Waals surface area contributed by atoms with Gasteiger partial charge in [-0.15, -0.1) is 0 Å². The average molecular weight is 263 g/mol. The zero-order chi connectivity index (χ0) is 13.8. The number of carbonyl (C=O) groups excluding carboxylic acids is 1. The van der Waals surface area contributed by atoms with Gasteiger partial charge in [-0.3, -0.25) is 4.79 Å². The summed E-state index contributed by atoms with van der Waals surface area (Å²) >= 11 is 0. The van der Waals surface area contributed by atoms with Crippen LogP contribution >= 0.6 is 0 Å². The third-order valence-corrected chi connectivity index (χ3v) is 3.37. The quantitative estimate of drug-likeness (QED) is 0.817. The molecule has 0 spiro atoms. The molecule has 1 aromatic rings. The van der Waals surface area contributed by atoms with Crippen molar-refractivity contribution in [2.45, 2.75) is 6.92 Å². The van der Waals surface area contributed by atoms with Gasteiger partial charge in [0.25, 0.3) is 5.91 Å². The van der Waals surface area contributed by atoms with Gasteiger partial charge in [0.1, 0.15) is 5.75 Å². The Bertz CT molecular complexity index is 454. The van der Waals surface area contributed by atoms with E-state index in [4.69, 9.17) is 10.5 Å². The molecule has 0 atom stereocenters. The number of carbonyl (C=O) groups is 1. The molecule has 0 unspecified atom stereocenters. The number of nitrogen functional groups attached to an aromatic ring is 1. The lowest BCUT2D eigenvalue weighted by molar-refractivity contribution is -0.134. The van der Waals surface area contributed by atoms with Crippen LogP contribution in [-0.4, -0.2) is 55.5 Å². The number of amides is 1. The second kappa shape index (κ2) is 5.93. The number of piperazine rings is 1. The van der Waals surface area contributed by atoms with Crippen molar-refractivity contribution in [3.8, 4) is 5.75 Å². The first-order chi connectivity index (χ1) is 9.06. The van der Waals surface area contributed by atoms with E-state index in [0.29, 0.717) is 11.4 Å². The predicted octanol–water partition coefficient (Wildman–Crippen LogP) is 0.730. The fraction of sp³-hybridized carbons (Fsp3) is 0.500. The number of anilines is 1. The van der Waals surface area contributed by atoms with Crippen molar-refractivity contribution in [3.05, 3.63) is 23.8 Å². The zero-order valence-electron chi connectivity index (χ0n) is 11.6. The van der Waals surface area contributed by atoms with Crippen molar-refractivity contribution in [2.24, 2.45) is 0 Å². The maximum Gasteiger partial charge on any atom is 0.260 e. The largest absolute Gasteiger partial charge is 0.482 e. The number of ether oxygens (including phenoxy) is 1. The molecule has 2 rings (SSSR count). The summed E-state index contributed by atoms with van der Waals surface area (Å²) in [6, 6.07) is 5.57. The molecule has 1 heterocycles. The van der Waals surface area contributed by atoms with E-state index in [2.05, 4.69) is 11.9 Å². The van der Waals surface area contributed by atoms with Crippen molar-refractivity contribution in [3.63, 3.8) is 0 Å². The molecule has 0 aromatic heterocycles. The summed E-state index contributed by atoms with van der Waals surface area (Å²) in [5.74, 6) is 0.598. The Kier molecular flexibility index (Phi) is 4.27. The number of hydrogen-bond acceptors (Lipinski definition) is 4. The highest BCUT2D eigenvalue weighted by Gasteiger charge is 2.19. The normalized spacial score (nSPS) is 16.4. The summed E-state index contributed by atoms with van der Waals surface area (Å²) in [4.78, 5) is 16.0. The summed E-state index contributed by atoms with van der Waals surface area (Å²) in [6.45, 7) is 5.38. The Hall–Kier alpha value is -1.75. The molecule has 1 saturated heterocycles. The predicted molar refractivity (Wildman–Crippen MR) is 75.2 cm³/mol. The van der Waals surface area contributed by atoms with E-state index in [-0.39, 0.29) is 12.5 Å². The first-order valence-electron chi connectivity index (χ1n) is 6.51. The van der Waals surface area contributed by atoms with E-state index in [1.807, 2.05) is 30.0 Å². The molecule has 0 saturated carbocycles. The topological polar surface area (TPSA) is 58.8 Å². The molecule has 5 nitrogen and oxygen atoms in total. The highest BCUT2D eigenvalue weighted by Crippen LogP contribution is 2.22. The van der Waals surface area contributed by atoms with Gasteiger partial charge in [0.2, 0.25) is 0 Å². The molecule has 0 bridgehead atoms. The van der Waals surface area contributed by atoms with Gasteiger partial charge in [0.15, 0.2) is 6.61 Å². The van der Waals surface area contributed by atoms with Crippen LogP contribution in [0, 0.1) is 6.92 Å². The second-order valence-corrected chi connectivity index (χ2v) is 5.01. The van der Waals surface area contributed by atoms with Crippen molar-refractivity contribution in [1.29, 1.82) is 0 Å². The fourth-order valence-electron chi connectivity index (χ4n) is 2.09. The van der Waals surface area contributed by atoms with Gasteiger partial charge in [0.05, 0.1) is 5.69 Å². The lowest BCUT2D eigenvalue weighted by Gasteiger charge is -2.32. The Balaban J connectivity index is 1.86. The van der Waals surface area contributed by atoms with E-state index in [9.17, 15) is 4.79 Å². The SMILES string of the molecule is Cc1ccc(OCC(=O)N2CCN(C)CC2)c(N)c1. The maximum atomic E-state index is 12.0. The summed E-state index contributed by atoms with van der Waals surface area (Å²) < 4.78 is 5.50. The summed E-state index contributed by atoms with van der Waals surface area (Å²) in [6.07, 6.45) is 0. The van der Waals surface area contributed by atoms with Gasteiger partial charge < -0.3 is 20.3 Å². The molecule has 1 aliphatic heterocycles. The minimum Gasteiger partial charge on any atom is -0.482 e. The average Bonchev–Trinajstić information content (AvgIpc) is 2.38. The van der Waals surface area contributed by atoms with Gasteiger partial charge >= 0.3 is 0 Å². The van der Waals surface area contributed by atoms with Crippen LogP contribution in [-0.2, 0) is 4.79 Å². The van der Waals surface area contributed by atoms with Gasteiger partial charge in [-0.05, 0) is 31.7 Å². The maximum absolute atomic E-state index is 12.0. The molecule has 1 aromatic carbocycles. The van der Waals surface area contributed by atoms with Crippen LogP contribution in [0.2, 0.25) is 0 Å². The Morgan fingerprint density at radius 2 is 2.00 bits per heavy atom. The fourth-order valence-corrected chi connectivity index (χ4v) is 2.09.